The van der Waals surface area contributed by atoms with Crippen LogP contribution in [0.25, 0.3) is 0 Å². The van der Waals surface area contributed by atoms with Gasteiger partial charge in [0.25, 0.3) is 5.91 Å². The number of rotatable bonds is 4. The van der Waals surface area contributed by atoms with Crippen LogP contribution >= 0.6 is 12.2 Å². The molecule has 0 saturated carbocycles. The number of thiocarbonyl (C=S) groups is 1. The average Bonchev–Trinajstić information content (AvgIpc) is 2.64. The van der Waals surface area contributed by atoms with Crippen molar-refractivity contribution in [3.8, 4) is 5.75 Å². The predicted molar refractivity (Wildman–Crippen MR) is 117 cm³/mol. The fraction of sp³-hybridized carbons (Fsp3) is 0.273. The van der Waals surface area contributed by atoms with Crippen molar-refractivity contribution in [1.29, 1.82) is 0 Å². The van der Waals surface area contributed by atoms with E-state index in [1.54, 1.807) is 7.11 Å². The molecule has 2 aromatic rings. The normalized spacial score (nSPS) is 16.3. The number of hydrogen-bond donors (Lipinski definition) is 3. The van der Waals surface area contributed by atoms with Crippen LogP contribution in [-0.2, 0) is 4.79 Å². The Morgan fingerprint density at radius 3 is 2.46 bits per heavy atom. The number of ether oxygens (including phenoxy) is 1. The van der Waals surface area contributed by atoms with Crippen molar-refractivity contribution in [2.75, 3.05) is 12.4 Å². The molecule has 146 valence electrons. The van der Waals surface area contributed by atoms with Gasteiger partial charge in [-0.1, -0.05) is 24.3 Å². The summed E-state index contributed by atoms with van der Waals surface area (Å²) < 4.78 is 5.35. The molecule has 1 amide bonds. The molecule has 3 rings (SSSR count). The van der Waals surface area contributed by atoms with Crippen molar-refractivity contribution in [3.05, 3.63) is 69.9 Å². The fourth-order valence-corrected chi connectivity index (χ4v) is 3.73. The second-order valence-electron chi connectivity index (χ2n) is 7.02. The molecule has 2 aromatic carbocycles. The number of amides is 1. The van der Waals surface area contributed by atoms with Crippen LogP contribution in [0.4, 0.5) is 5.69 Å². The van der Waals surface area contributed by atoms with Crippen molar-refractivity contribution >= 4 is 28.9 Å². The third kappa shape index (κ3) is 3.87. The van der Waals surface area contributed by atoms with Crippen molar-refractivity contribution in [2.24, 2.45) is 0 Å². The molecule has 0 fully saturated rings. The third-order valence-corrected chi connectivity index (χ3v) is 5.28. The Kier molecular flexibility index (Phi) is 5.70. The summed E-state index contributed by atoms with van der Waals surface area (Å²) >= 11 is 5.36. The summed E-state index contributed by atoms with van der Waals surface area (Å²) in [7, 11) is 1.58. The molecule has 5 nitrogen and oxygen atoms in total. The zero-order valence-corrected chi connectivity index (χ0v) is 17.6. The van der Waals surface area contributed by atoms with Gasteiger partial charge in [0.1, 0.15) is 5.75 Å². The van der Waals surface area contributed by atoms with E-state index in [2.05, 4.69) is 48.9 Å². The highest BCUT2D eigenvalue weighted by molar-refractivity contribution is 7.80. The molecule has 0 aromatic heterocycles. The topological polar surface area (TPSA) is 62.4 Å². The summed E-state index contributed by atoms with van der Waals surface area (Å²) in [5.41, 5.74) is 6.51. The number of allylic oxidation sites excluding steroid dienone is 1. The van der Waals surface area contributed by atoms with E-state index < -0.39 is 0 Å². The number of anilines is 1. The van der Waals surface area contributed by atoms with Crippen LogP contribution in [0.5, 0.6) is 5.75 Å². The smallest absolute Gasteiger partial charge is 0.255 e. The first-order valence-electron chi connectivity index (χ1n) is 9.12. The SMILES string of the molecule is COc1ccccc1NC(=O)C1=C(C)NC(=S)N[C@H]1c1cc(C)c(C)cc1C. The Bertz CT molecular complexity index is 982. The number of carbonyl (C=O) groups is 1. The zero-order valence-electron chi connectivity index (χ0n) is 16.8. The maximum atomic E-state index is 13.3. The number of aryl methyl sites for hydroxylation is 3. The summed E-state index contributed by atoms with van der Waals surface area (Å²) in [5.74, 6) is 0.410. The molecule has 1 atom stereocenters. The van der Waals surface area contributed by atoms with Gasteiger partial charge >= 0.3 is 0 Å². The van der Waals surface area contributed by atoms with Gasteiger partial charge in [-0.2, -0.15) is 0 Å². The van der Waals surface area contributed by atoms with Crippen molar-refractivity contribution in [1.82, 2.24) is 10.6 Å². The Morgan fingerprint density at radius 2 is 1.75 bits per heavy atom. The van der Waals surface area contributed by atoms with E-state index in [-0.39, 0.29) is 11.9 Å². The van der Waals surface area contributed by atoms with Gasteiger partial charge in [-0.25, -0.2) is 0 Å². The Hall–Kier alpha value is -2.86. The van der Waals surface area contributed by atoms with Gasteiger partial charge in [0.2, 0.25) is 0 Å². The van der Waals surface area contributed by atoms with E-state index in [0.29, 0.717) is 22.1 Å². The van der Waals surface area contributed by atoms with Crippen LogP contribution < -0.4 is 20.7 Å². The monoisotopic (exact) mass is 395 g/mol. The largest absolute Gasteiger partial charge is 0.495 e. The van der Waals surface area contributed by atoms with E-state index in [9.17, 15) is 4.79 Å². The molecule has 3 N–H and O–H groups in total. The summed E-state index contributed by atoms with van der Waals surface area (Å²) in [6, 6.07) is 11.3. The van der Waals surface area contributed by atoms with Crippen molar-refractivity contribution in [3.63, 3.8) is 0 Å². The van der Waals surface area contributed by atoms with Gasteiger partial charge in [0.15, 0.2) is 5.11 Å². The summed E-state index contributed by atoms with van der Waals surface area (Å²) in [5, 5.41) is 9.83. The molecule has 0 unspecified atom stereocenters. The van der Waals surface area contributed by atoms with E-state index in [0.717, 1.165) is 16.8 Å². The molecule has 6 heteroatoms. The van der Waals surface area contributed by atoms with E-state index in [4.69, 9.17) is 17.0 Å². The molecule has 1 aliphatic heterocycles. The number of carbonyl (C=O) groups excluding carboxylic acids is 1. The lowest BCUT2D eigenvalue weighted by Gasteiger charge is -2.31. The highest BCUT2D eigenvalue weighted by atomic mass is 32.1. The lowest BCUT2D eigenvalue weighted by atomic mass is 9.89. The minimum absolute atomic E-state index is 0.202. The fourth-order valence-electron chi connectivity index (χ4n) is 3.46. The maximum Gasteiger partial charge on any atom is 0.255 e. The quantitative estimate of drug-likeness (QED) is 0.682. The summed E-state index contributed by atoms with van der Waals surface area (Å²) in [6.45, 7) is 8.08. The minimum Gasteiger partial charge on any atom is -0.495 e. The molecule has 0 aliphatic carbocycles. The Balaban J connectivity index is 2.03. The van der Waals surface area contributed by atoms with Crippen LogP contribution in [0.1, 0.15) is 35.2 Å². The maximum absolute atomic E-state index is 13.3. The van der Waals surface area contributed by atoms with Crippen LogP contribution in [0.3, 0.4) is 0 Å². The molecular formula is C22H25N3O2S. The molecule has 1 aliphatic rings. The summed E-state index contributed by atoms with van der Waals surface area (Å²) in [4.78, 5) is 13.3. The molecule has 1 heterocycles. The van der Waals surface area contributed by atoms with Gasteiger partial charge in [0.05, 0.1) is 24.4 Å². The number of nitrogens with one attached hydrogen (secondary N) is 3. The van der Waals surface area contributed by atoms with E-state index in [1.807, 2.05) is 31.2 Å². The number of benzene rings is 2. The Labute approximate surface area is 171 Å². The number of para-hydroxylation sites is 2. The van der Waals surface area contributed by atoms with Crippen molar-refractivity contribution < 1.29 is 9.53 Å². The highest BCUT2D eigenvalue weighted by Crippen LogP contribution is 2.32. The van der Waals surface area contributed by atoms with Gasteiger partial charge in [0, 0.05) is 5.70 Å². The van der Waals surface area contributed by atoms with Crippen molar-refractivity contribution in [2.45, 2.75) is 33.7 Å². The molecule has 28 heavy (non-hydrogen) atoms. The van der Waals surface area contributed by atoms with Crippen LogP contribution in [-0.4, -0.2) is 18.1 Å². The lowest BCUT2D eigenvalue weighted by Crippen LogP contribution is -2.46. The molecule has 0 saturated heterocycles. The van der Waals surface area contributed by atoms with E-state index in [1.165, 1.54) is 11.1 Å². The van der Waals surface area contributed by atoms with Gasteiger partial charge < -0.3 is 20.7 Å². The Morgan fingerprint density at radius 1 is 1.07 bits per heavy atom. The summed E-state index contributed by atoms with van der Waals surface area (Å²) in [6.07, 6.45) is 0. The molecule has 0 radical (unpaired) electrons. The van der Waals surface area contributed by atoms with Gasteiger partial charge in [-0.15, -0.1) is 0 Å². The first-order chi connectivity index (χ1) is 13.3. The third-order valence-electron chi connectivity index (χ3n) is 5.06. The molecule has 0 bridgehead atoms. The first kappa shape index (κ1) is 19.9. The minimum atomic E-state index is -0.331. The van der Waals surface area contributed by atoms with Crippen LogP contribution in [0, 0.1) is 20.8 Å². The second-order valence-corrected chi connectivity index (χ2v) is 7.43. The van der Waals surface area contributed by atoms with E-state index >= 15 is 0 Å². The predicted octanol–water partition coefficient (Wildman–Crippen LogP) is 4.05. The van der Waals surface area contributed by atoms with Gasteiger partial charge in [-0.3, -0.25) is 4.79 Å². The standard InChI is InChI=1S/C22H25N3O2S/c1-12-10-14(3)16(11-13(12)2)20-19(15(4)23-22(28)25-20)21(26)24-17-8-6-7-9-18(17)27-5/h6-11,20H,1-5H3,(H,24,26)(H2,23,25,28)/t20-/m0/s1. The first-order valence-corrected chi connectivity index (χ1v) is 9.53. The second kappa shape index (κ2) is 8.02. The molecule has 0 spiro atoms. The lowest BCUT2D eigenvalue weighted by molar-refractivity contribution is -0.113. The average molecular weight is 396 g/mol. The van der Waals surface area contributed by atoms with Crippen LogP contribution in [0.2, 0.25) is 0 Å². The number of methoxy groups -OCH3 is 1. The zero-order chi connectivity index (χ0) is 20.4. The van der Waals surface area contributed by atoms with Crippen LogP contribution in [0.15, 0.2) is 47.7 Å². The van der Waals surface area contributed by atoms with Gasteiger partial charge in [-0.05, 0) is 74.3 Å². The number of hydrogen-bond acceptors (Lipinski definition) is 3. The highest BCUT2D eigenvalue weighted by Gasteiger charge is 2.31. The molecular weight excluding hydrogens is 370 g/mol.